The molecule has 4 N–H and O–H groups in total. The van der Waals surface area contributed by atoms with Crippen LogP contribution < -0.4 is 5.48 Å². The Morgan fingerprint density at radius 2 is 1.91 bits per heavy atom. The van der Waals surface area contributed by atoms with Crippen LogP contribution in [-0.4, -0.2) is 68.9 Å². The van der Waals surface area contributed by atoms with Gasteiger partial charge >= 0.3 is 6.09 Å². The van der Waals surface area contributed by atoms with Crippen LogP contribution in [0.1, 0.15) is 60.8 Å². The van der Waals surface area contributed by atoms with Crippen LogP contribution in [0, 0.1) is 16.7 Å². The fourth-order valence-electron chi connectivity index (χ4n) is 6.75. The summed E-state index contributed by atoms with van der Waals surface area (Å²) in [4.78, 5) is 31.1. The molecule has 0 unspecified atom stereocenters. The van der Waals surface area contributed by atoms with Gasteiger partial charge in [0.15, 0.2) is 17.5 Å². The number of rotatable bonds is 4. The smallest absolute Gasteiger partial charge is 0.431 e. The molecule has 0 spiro atoms. The number of fused-ring (bicyclic) bond motifs is 3. The number of carbonyl (C=O) groups excluding carboxylic acids is 2. The lowest BCUT2D eigenvalue weighted by atomic mass is 9.40. The highest BCUT2D eigenvalue weighted by Crippen LogP contribution is 2.66. The molecule has 1 aliphatic heterocycles. The van der Waals surface area contributed by atoms with Gasteiger partial charge in [-0.1, -0.05) is 26.8 Å². The minimum absolute atomic E-state index is 0.175. The van der Waals surface area contributed by atoms with E-state index in [1.165, 1.54) is 13.0 Å². The molecule has 1 amide bonds. The van der Waals surface area contributed by atoms with E-state index in [0.717, 1.165) is 0 Å². The summed E-state index contributed by atoms with van der Waals surface area (Å²) in [7, 11) is 0. The summed E-state index contributed by atoms with van der Waals surface area (Å²) >= 11 is 0. The second-order valence-electron chi connectivity index (χ2n) is 10.7. The zero-order valence-electron chi connectivity index (χ0n) is 19.8. The first-order valence-electron chi connectivity index (χ1n) is 11.2. The molecule has 3 aliphatic rings. The zero-order valence-corrected chi connectivity index (χ0v) is 19.8. The fourth-order valence-corrected chi connectivity index (χ4v) is 6.75. The molecular weight excluding hydrogens is 418 g/mol. The van der Waals surface area contributed by atoms with E-state index >= 15 is 0 Å². The molecule has 182 valence electrons. The second kappa shape index (κ2) is 7.77. The van der Waals surface area contributed by atoms with Crippen LogP contribution in [0.3, 0.4) is 0 Å². The summed E-state index contributed by atoms with van der Waals surface area (Å²) in [5.41, 5.74) is -5.23. The van der Waals surface area contributed by atoms with Crippen molar-refractivity contribution in [2.45, 2.75) is 95.9 Å². The van der Waals surface area contributed by atoms with Gasteiger partial charge in [0.25, 0.3) is 0 Å². The molecule has 9 heteroatoms. The van der Waals surface area contributed by atoms with Crippen molar-refractivity contribution in [3.63, 3.8) is 0 Å². The van der Waals surface area contributed by atoms with E-state index in [4.69, 9.17) is 14.3 Å². The molecule has 0 aromatic carbocycles. The summed E-state index contributed by atoms with van der Waals surface area (Å²) < 4.78 is 11.9. The Morgan fingerprint density at radius 3 is 2.47 bits per heavy atom. The predicted octanol–water partition coefficient (Wildman–Crippen LogP) is 1.63. The monoisotopic (exact) mass is 455 g/mol. The van der Waals surface area contributed by atoms with Gasteiger partial charge < -0.3 is 24.8 Å². The van der Waals surface area contributed by atoms with E-state index < -0.39 is 63.7 Å². The first-order valence-corrected chi connectivity index (χ1v) is 11.2. The summed E-state index contributed by atoms with van der Waals surface area (Å²) in [6, 6.07) is 0. The molecular formula is C23H37NO8. The molecule has 8 atom stereocenters. The Kier molecular flexibility index (Phi) is 6.10. The Bertz CT molecular complexity index is 801. The summed E-state index contributed by atoms with van der Waals surface area (Å²) in [5.74, 6) is -1.33. The third kappa shape index (κ3) is 3.16. The molecule has 1 heterocycles. The largest absolute Gasteiger partial charge is 0.439 e. The minimum Gasteiger partial charge on any atom is -0.439 e. The third-order valence-electron chi connectivity index (χ3n) is 8.26. The predicted molar refractivity (Wildman–Crippen MR) is 114 cm³/mol. The van der Waals surface area contributed by atoms with Crippen molar-refractivity contribution in [1.82, 2.24) is 5.48 Å². The van der Waals surface area contributed by atoms with Gasteiger partial charge in [-0.3, -0.25) is 9.63 Å². The van der Waals surface area contributed by atoms with Gasteiger partial charge in [-0.15, -0.1) is 6.58 Å². The fraction of sp³-hybridized carbons (Fsp3) is 0.826. The van der Waals surface area contributed by atoms with Crippen LogP contribution in [0.25, 0.3) is 0 Å². The van der Waals surface area contributed by atoms with E-state index in [1.54, 1.807) is 20.8 Å². The van der Waals surface area contributed by atoms with Crippen molar-refractivity contribution in [1.29, 1.82) is 0 Å². The van der Waals surface area contributed by atoms with Crippen molar-refractivity contribution in [3.8, 4) is 0 Å². The number of hydroxylamine groups is 1. The van der Waals surface area contributed by atoms with E-state index in [2.05, 4.69) is 12.1 Å². The second-order valence-corrected chi connectivity index (χ2v) is 10.7. The van der Waals surface area contributed by atoms with Crippen molar-refractivity contribution in [2.75, 3.05) is 6.61 Å². The molecule has 32 heavy (non-hydrogen) atoms. The van der Waals surface area contributed by atoms with Crippen molar-refractivity contribution >= 4 is 11.9 Å². The van der Waals surface area contributed by atoms with Crippen molar-refractivity contribution < 1.29 is 39.2 Å². The number of amides is 1. The molecule has 3 fully saturated rings. The number of nitrogens with one attached hydrogen (secondary N) is 1. The van der Waals surface area contributed by atoms with Gasteiger partial charge in [0.1, 0.15) is 5.60 Å². The Hall–Kier alpha value is -1.52. The van der Waals surface area contributed by atoms with E-state index in [1.807, 2.05) is 13.8 Å². The molecule has 1 saturated heterocycles. The van der Waals surface area contributed by atoms with Crippen LogP contribution in [-0.2, 0) is 19.1 Å². The average Bonchev–Trinajstić information content (AvgIpc) is 2.70. The number of Topliss-reactive ketones (excluding diaryl/α,β-unsaturated/α-hetero) is 1. The number of hydrogen-bond donors (Lipinski definition) is 4. The highest BCUT2D eigenvalue weighted by Gasteiger charge is 2.81. The van der Waals surface area contributed by atoms with E-state index in [-0.39, 0.29) is 13.0 Å². The van der Waals surface area contributed by atoms with Gasteiger partial charge in [0, 0.05) is 17.8 Å². The van der Waals surface area contributed by atoms with E-state index in [9.17, 15) is 24.9 Å². The molecule has 3 rings (SSSR count). The van der Waals surface area contributed by atoms with Crippen LogP contribution in [0.5, 0.6) is 0 Å². The maximum Gasteiger partial charge on any atom is 0.431 e. The van der Waals surface area contributed by atoms with E-state index in [0.29, 0.717) is 12.8 Å². The van der Waals surface area contributed by atoms with Gasteiger partial charge in [-0.25, -0.2) is 4.79 Å². The summed E-state index contributed by atoms with van der Waals surface area (Å²) in [6.45, 7) is 14.2. The number of aliphatic hydroxyl groups is 3. The number of ether oxygens (including phenoxy) is 2. The van der Waals surface area contributed by atoms with Crippen molar-refractivity contribution in [2.24, 2.45) is 16.7 Å². The Labute approximate surface area is 189 Å². The Morgan fingerprint density at radius 1 is 1.28 bits per heavy atom. The number of ketones is 1. The molecule has 0 aromatic heterocycles. The molecule has 2 saturated carbocycles. The molecule has 9 nitrogen and oxygen atoms in total. The van der Waals surface area contributed by atoms with Crippen molar-refractivity contribution in [3.05, 3.63) is 12.7 Å². The number of carbonyl (C=O) groups is 2. The van der Waals surface area contributed by atoms with Crippen LogP contribution in [0.2, 0.25) is 0 Å². The zero-order chi connectivity index (χ0) is 24.3. The first-order chi connectivity index (χ1) is 14.6. The average molecular weight is 456 g/mol. The molecule has 2 aliphatic carbocycles. The normalized spacial score (nSPS) is 47.7. The van der Waals surface area contributed by atoms with Crippen LogP contribution in [0.4, 0.5) is 4.79 Å². The summed E-state index contributed by atoms with van der Waals surface area (Å²) in [5, 5.41) is 35.1. The van der Waals surface area contributed by atoms with Gasteiger partial charge in [-0.2, -0.15) is 5.48 Å². The van der Waals surface area contributed by atoms with Crippen LogP contribution in [0.15, 0.2) is 12.7 Å². The highest BCUT2D eigenvalue weighted by molar-refractivity contribution is 5.92. The minimum atomic E-state index is -2.25. The van der Waals surface area contributed by atoms with Gasteiger partial charge in [-0.05, 0) is 39.0 Å². The molecule has 0 bridgehead atoms. The topological polar surface area (TPSA) is 135 Å². The lowest BCUT2D eigenvalue weighted by Gasteiger charge is -2.71. The quantitative estimate of drug-likeness (QED) is 0.371. The maximum absolute atomic E-state index is 13.7. The Balaban J connectivity index is 2.23. The van der Waals surface area contributed by atoms with Crippen LogP contribution >= 0.6 is 0 Å². The van der Waals surface area contributed by atoms with Gasteiger partial charge in [0.05, 0.1) is 24.4 Å². The molecule has 0 radical (unpaired) electrons. The first kappa shape index (κ1) is 25.1. The lowest BCUT2D eigenvalue weighted by Crippen LogP contribution is -2.86. The third-order valence-corrected chi connectivity index (χ3v) is 8.26. The SMILES string of the molecule is C=C[C@@]1(C)CC(=O)[C@]2(O)[C@@]3(C)[C@@H](O)CCC(C)(C)[C@@H]3[C@H](O)[C@H](OC(=O)NOCC)[C@@]2(C)O1. The molecule has 0 aromatic rings. The van der Waals surface area contributed by atoms with Gasteiger partial charge in [0.2, 0.25) is 0 Å². The number of aliphatic hydroxyl groups excluding tert-OH is 2. The maximum atomic E-state index is 13.7. The standard InChI is InChI=1S/C23H37NO8/c1-8-20(5)12-14(26)23(29)21(6)13(25)10-11-19(3,4)16(21)15(27)17(22(23,7)32-20)31-18(28)24-30-9-2/h8,13,15-17,25,27,29H,1,9-12H2,2-7H3,(H,24,28)/t13-,15-,16-,17-,20-,21-,22+,23-/m0/s1. The summed E-state index contributed by atoms with van der Waals surface area (Å²) in [6.07, 6.45) is -2.68. The number of hydrogen-bond acceptors (Lipinski definition) is 8. The highest BCUT2D eigenvalue weighted by atomic mass is 16.7. The lowest BCUT2D eigenvalue weighted by molar-refractivity contribution is -0.369.